The van der Waals surface area contributed by atoms with Crippen molar-refractivity contribution >= 4 is 98.3 Å². The number of fused-ring (bicyclic) bond motifs is 5. The number of thiophene rings is 6. The molecule has 7 heterocycles. The summed E-state index contributed by atoms with van der Waals surface area (Å²) in [5, 5.41) is 3.85. The van der Waals surface area contributed by atoms with Crippen molar-refractivity contribution in [2.75, 3.05) is 20.8 Å². The summed E-state index contributed by atoms with van der Waals surface area (Å²) in [6.45, 7) is 19.2. The first kappa shape index (κ1) is 61.4. The van der Waals surface area contributed by atoms with Gasteiger partial charge in [0.1, 0.15) is 12.5 Å². The molecule has 1 aliphatic rings. The minimum atomic E-state index is -4.39. The third kappa shape index (κ3) is 12.7. The highest BCUT2D eigenvalue weighted by Gasteiger charge is 2.44. The maximum Gasteiger partial charge on any atom is 0.416 e. The second kappa shape index (κ2) is 27.3. The SMILES string of the molecule is CCCCCCCCN1C(OC)c2sc3c(-c4cc5c(-c6ccc(CC(CC)CCCC)s6)c6sc(C(C)c7ccc(C(F)(F)F)cc7)cc6c(-c6ccc(CC(CC)CCCC)s6)c5s4)sc(C(C)c4ccc(C)cc4)c3c2C1OC. The number of hydrogen-bond acceptors (Lipinski definition) is 9. The van der Waals surface area contributed by atoms with Crippen molar-refractivity contribution in [1.82, 2.24) is 4.90 Å². The molecule has 0 N–H and O–H groups in total. The predicted octanol–water partition coefficient (Wildman–Crippen LogP) is 24.6. The summed E-state index contributed by atoms with van der Waals surface area (Å²) < 4.78 is 58.8. The lowest BCUT2D eigenvalue weighted by Gasteiger charge is -2.29. The van der Waals surface area contributed by atoms with Crippen molar-refractivity contribution in [3.8, 4) is 30.6 Å². The van der Waals surface area contributed by atoms with Crippen molar-refractivity contribution in [2.45, 2.75) is 189 Å². The lowest BCUT2D eigenvalue weighted by Crippen LogP contribution is -2.29. The van der Waals surface area contributed by atoms with E-state index in [0.717, 1.165) is 36.2 Å². The maximum atomic E-state index is 13.9. The number of ether oxygens (including phenoxy) is 2. The molecule has 0 radical (unpaired) electrons. The summed E-state index contributed by atoms with van der Waals surface area (Å²) in [5.41, 5.74) is 6.68. The molecule has 0 amide bonds. The van der Waals surface area contributed by atoms with Crippen LogP contribution in [0.3, 0.4) is 0 Å². The fourth-order valence-corrected chi connectivity index (χ4v) is 20.9. The molecule has 0 aliphatic carbocycles. The molecule has 0 spiro atoms. The molecule has 10 rings (SSSR count). The average molecular weight is 1220 g/mol. The number of rotatable bonds is 28. The van der Waals surface area contributed by atoms with E-state index in [1.165, 1.54) is 193 Å². The molecule has 6 atom stereocenters. The van der Waals surface area contributed by atoms with Gasteiger partial charge in [0.2, 0.25) is 0 Å². The van der Waals surface area contributed by atoms with Crippen LogP contribution >= 0.6 is 68.0 Å². The van der Waals surface area contributed by atoms with Crippen LogP contribution in [0.4, 0.5) is 13.2 Å². The third-order valence-electron chi connectivity index (χ3n) is 17.6. The number of aryl methyl sites for hydroxylation is 1. The zero-order valence-corrected chi connectivity index (χ0v) is 54.8. The van der Waals surface area contributed by atoms with E-state index in [9.17, 15) is 13.2 Å². The van der Waals surface area contributed by atoms with Crippen LogP contribution in [-0.2, 0) is 28.5 Å². The summed E-state index contributed by atoms with van der Waals surface area (Å²) in [6, 6.07) is 29.5. The molecular weight excluding hydrogens is 1140 g/mol. The van der Waals surface area contributed by atoms with Crippen molar-refractivity contribution in [3.05, 3.63) is 137 Å². The largest absolute Gasteiger partial charge is 0.416 e. The molecule has 438 valence electrons. The Bertz CT molecular complexity index is 3420. The predicted molar refractivity (Wildman–Crippen MR) is 354 cm³/mol. The number of methoxy groups -OCH3 is 2. The van der Waals surface area contributed by atoms with Crippen molar-refractivity contribution in [1.29, 1.82) is 0 Å². The summed E-state index contributed by atoms with van der Waals surface area (Å²) in [6.07, 6.45) is 14.5. The molecule has 0 saturated carbocycles. The third-order valence-corrected chi connectivity index (χ3v) is 25.3. The highest BCUT2D eigenvalue weighted by Crippen LogP contribution is 2.60. The van der Waals surface area contributed by atoms with Gasteiger partial charge in [-0.1, -0.05) is 174 Å². The van der Waals surface area contributed by atoms with Gasteiger partial charge in [0.05, 0.1) is 20.0 Å². The van der Waals surface area contributed by atoms with Crippen molar-refractivity contribution in [3.63, 3.8) is 0 Å². The Morgan fingerprint density at radius 1 is 0.549 bits per heavy atom. The lowest BCUT2D eigenvalue weighted by atomic mass is 9.95. The van der Waals surface area contributed by atoms with Crippen LogP contribution in [0.5, 0.6) is 0 Å². The van der Waals surface area contributed by atoms with Crippen molar-refractivity contribution in [2.24, 2.45) is 11.8 Å². The number of hydrogen-bond donors (Lipinski definition) is 0. The smallest absolute Gasteiger partial charge is 0.362 e. The second-order valence-electron chi connectivity index (χ2n) is 23.3. The van der Waals surface area contributed by atoms with Gasteiger partial charge in [-0.3, -0.25) is 0 Å². The van der Waals surface area contributed by atoms with Gasteiger partial charge in [0.15, 0.2) is 0 Å². The fraction of sp³-hybridized carbons (Fsp3) is 0.486. The van der Waals surface area contributed by atoms with Crippen LogP contribution in [-0.4, -0.2) is 25.7 Å². The molecular formula is C70H84F3NO2S6. The first-order valence-electron chi connectivity index (χ1n) is 30.6. The van der Waals surface area contributed by atoms with Gasteiger partial charge in [-0.2, -0.15) is 13.2 Å². The van der Waals surface area contributed by atoms with E-state index in [1.807, 2.05) is 82.2 Å². The molecule has 12 heteroatoms. The Balaban J connectivity index is 1.20. The van der Waals surface area contributed by atoms with Crippen LogP contribution in [0.25, 0.3) is 60.9 Å². The van der Waals surface area contributed by atoms with Gasteiger partial charge >= 0.3 is 6.18 Å². The van der Waals surface area contributed by atoms with Gasteiger partial charge in [-0.05, 0) is 97.7 Å². The molecule has 9 aromatic rings. The van der Waals surface area contributed by atoms with Crippen LogP contribution < -0.4 is 0 Å². The van der Waals surface area contributed by atoms with Crippen LogP contribution in [0.2, 0.25) is 0 Å². The van der Waals surface area contributed by atoms with E-state index < -0.39 is 11.7 Å². The monoisotopic (exact) mass is 1220 g/mol. The van der Waals surface area contributed by atoms with E-state index in [1.54, 1.807) is 12.1 Å². The minimum absolute atomic E-state index is 0.109. The number of nitrogens with zero attached hydrogens (tertiary/aromatic N) is 1. The zero-order valence-electron chi connectivity index (χ0n) is 49.9. The Morgan fingerprint density at radius 3 is 1.67 bits per heavy atom. The molecule has 0 fully saturated rings. The maximum absolute atomic E-state index is 13.9. The summed E-state index contributed by atoms with van der Waals surface area (Å²) in [5.74, 6) is 1.32. The van der Waals surface area contributed by atoms with E-state index in [0.29, 0.717) is 11.8 Å². The summed E-state index contributed by atoms with van der Waals surface area (Å²) in [7, 11) is 3.75. The Hall–Kier alpha value is -3.69. The topological polar surface area (TPSA) is 21.7 Å². The van der Waals surface area contributed by atoms with E-state index in [-0.39, 0.29) is 24.3 Å². The number of benzene rings is 3. The molecule has 1 aliphatic heterocycles. The van der Waals surface area contributed by atoms with Gasteiger partial charge in [-0.25, -0.2) is 4.90 Å². The van der Waals surface area contributed by atoms with Crippen LogP contribution in [0.1, 0.15) is 215 Å². The standard InChI is InChI=1S/C70H84F3NO2S6/c1-11-16-19-20-21-22-37-74-68(75-9)61-60-62(44(8)48-27-25-42(6)26-28-48)81-65(66(60)82-67(61)69(74)76-10)57-41-53-59(55-36-34-51(78-55)39-46(15-5)24-18-13-3)63-52(40-56(79-63)43(7)47-29-31-49(32-30-47)70(71,72)73)58(64(53)80-57)54-35-33-50(77-54)38-45(14-4)23-17-12-2/h25-36,40-41,43-46,68-69H,11-24,37-39H2,1-10H3. The average Bonchev–Trinajstić information content (AvgIpc) is 1.75. The molecule has 3 aromatic carbocycles. The normalized spacial score (nSPS) is 16.5. The molecule has 3 nitrogen and oxygen atoms in total. The number of unbranched alkanes of at least 4 members (excludes halogenated alkanes) is 7. The van der Waals surface area contributed by atoms with Gasteiger partial charge in [-0.15, -0.1) is 68.0 Å². The molecule has 0 saturated heterocycles. The van der Waals surface area contributed by atoms with E-state index >= 15 is 0 Å². The fourth-order valence-electron chi connectivity index (χ4n) is 12.6. The van der Waals surface area contributed by atoms with E-state index in [2.05, 4.69) is 121 Å². The minimum Gasteiger partial charge on any atom is -0.362 e. The Labute approximate surface area is 510 Å². The number of halogens is 3. The number of alkyl halides is 3. The first-order valence-corrected chi connectivity index (χ1v) is 35.5. The second-order valence-corrected chi connectivity index (χ2v) is 29.9. The molecule has 6 unspecified atom stereocenters. The Morgan fingerprint density at radius 2 is 1.10 bits per heavy atom. The summed E-state index contributed by atoms with van der Waals surface area (Å²) >= 11 is 11.6. The molecule has 0 bridgehead atoms. The van der Waals surface area contributed by atoms with Crippen LogP contribution in [0, 0.1) is 18.8 Å². The van der Waals surface area contributed by atoms with Gasteiger partial charge in [0, 0.05) is 109 Å². The van der Waals surface area contributed by atoms with Crippen molar-refractivity contribution < 1.29 is 22.6 Å². The highest BCUT2D eigenvalue weighted by atomic mass is 32.1. The Kier molecular flexibility index (Phi) is 20.5. The quantitative estimate of drug-likeness (QED) is 0.0456. The van der Waals surface area contributed by atoms with Crippen LogP contribution in [0.15, 0.2) is 84.9 Å². The summed E-state index contributed by atoms with van der Waals surface area (Å²) in [4.78, 5) is 14.3. The molecule has 82 heavy (non-hydrogen) atoms. The molecule has 6 aromatic heterocycles. The van der Waals surface area contributed by atoms with Gasteiger partial charge in [0.25, 0.3) is 0 Å². The first-order chi connectivity index (χ1) is 39.7. The van der Waals surface area contributed by atoms with E-state index in [4.69, 9.17) is 9.47 Å². The lowest BCUT2D eigenvalue weighted by molar-refractivity contribution is -0.137. The van der Waals surface area contributed by atoms with Gasteiger partial charge < -0.3 is 9.47 Å². The highest BCUT2D eigenvalue weighted by molar-refractivity contribution is 7.31. The zero-order chi connectivity index (χ0) is 57.8.